The van der Waals surface area contributed by atoms with Crippen molar-refractivity contribution in [2.24, 2.45) is 0 Å². The zero-order chi connectivity index (χ0) is 23.7. The lowest BCUT2D eigenvalue weighted by Crippen LogP contribution is -2.44. The van der Waals surface area contributed by atoms with E-state index in [9.17, 15) is 9.59 Å². The van der Waals surface area contributed by atoms with Gasteiger partial charge in [-0.15, -0.1) is 11.8 Å². The van der Waals surface area contributed by atoms with E-state index in [-0.39, 0.29) is 23.6 Å². The lowest BCUT2D eigenvalue weighted by molar-refractivity contribution is 0.0731. The summed E-state index contributed by atoms with van der Waals surface area (Å²) in [4.78, 5) is 32.5. The van der Waals surface area contributed by atoms with Crippen LogP contribution in [0.5, 0.6) is 5.75 Å². The Hall–Kier alpha value is -3.72. The Balaban J connectivity index is 1.32. The van der Waals surface area contributed by atoms with Crippen molar-refractivity contribution in [1.29, 1.82) is 0 Å². The summed E-state index contributed by atoms with van der Waals surface area (Å²) < 4.78 is 16.4. The summed E-state index contributed by atoms with van der Waals surface area (Å²) in [5, 5.41) is 3.74. The summed E-state index contributed by atoms with van der Waals surface area (Å²) in [5.41, 5.74) is 2.22. The van der Waals surface area contributed by atoms with Gasteiger partial charge in [0, 0.05) is 30.2 Å². The zero-order valence-electron chi connectivity index (χ0n) is 18.7. The predicted molar refractivity (Wildman–Crippen MR) is 129 cm³/mol. The molecule has 2 aromatic heterocycles. The highest BCUT2D eigenvalue weighted by Crippen LogP contribution is 2.30. The van der Waals surface area contributed by atoms with Crippen LogP contribution in [0.3, 0.4) is 0 Å². The van der Waals surface area contributed by atoms with E-state index in [1.165, 1.54) is 0 Å². The van der Waals surface area contributed by atoms with Crippen molar-refractivity contribution >= 4 is 34.5 Å². The number of carbonyl (C=O) groups excluding carboxylic acids is 2. The van der Waals surface area contributed by atoms with E-state index in [1.54, 1.807) is 55.2 Å². The third-order valence-electron chi connectivity index (χ3n) is 5.77. The number of aromatic nitrogens is 1. The van der Waals surface area contributed by atoms with Crippen molar-refractivity contribution in [2.45, 2.75) is 13.0 Å². The molecule has 174 valence electrons. The molecular formula is C25H23N3O5S. The molecule has 0 aliphatic carbocycles. The first-order chi connectivity index (χ1) is 16.5. The van der Waals surface area contributed by atoms with E-state index in [4.69, 9.17) is 13.6 Å². The van der Waals surface area contributed by atoms with Crippen LogP contribution in [0.1, 0.15) is 26.7 Å². The summed E-state index contributed by atoms with van der Waals surface area (Å²) in [6.07, 6.45) is 1.57. The summed E-state index contributed by atoms with van der Waals surface area (Å²) >= 11 is 1.64. The topological polar surface area (TPSA) is 97.8 Å². The molecule has 9 heteroatoms. The monoisotopic (exact) mass is 477 g/mol. The minimum atomic E-state index is -0.219. The molecule has 1 aliphatic rings. The van der Waals surface area contributed by atoms with Gasteiger partial charge in [-0.1, -0.05) is 6.07 Å². The fourth-order valence-electron chi connectivity index (χ4n) is 4.02. The van der Waals surface area contributed by atoms with Gasteiger partial charge in [-0.3, -0.25) is 9.59 Å². The number of benzene rings is 2. The third kappa shape index (κ3) is 4.14. The van der Waals surface area contributed by atoms with Gasteiger partial charge in [-0.05, 0) is 42.5 Å². The maximum absolute atomic E-state index is 13.5. The van der Waals surface area contributed by atoms with Gasteiger partial charge < -0.3 is 23.8 Å². The van der Waals surface area contributed by atoms with Crippen LogP contribution < -0.4 is 10.1 Å². The van der Waals surface area contributed by atoms with Gasteiger partial charge in [0.15, 0.2) is 17.3 Å². The number of aryl methyl sites for hydroxylation is 1. The van der Waals surface area contributed by atoms with Crippen molar-refractivity contribution < 1.29 is 23.2 Å². The number of furan rings is 1. The second-order valence-electron chi connectivity index (χ2n) is 7.92. The minimum Gasteiger partial charge on any atom is -0.497 e. The molecule has 0 bridgehead atoms. The Bertz CT molecular complexity index is 1340. The van der Waals surface area contributed by atoms with Crippen LogP contribution >= 0.6 is 11.8 Å². The van der Waals surface area contributed by atoms with Gasteiger partial charge in [0.1, 0.15) is 11.3 Å². The number of ether oxygens (including phenoxy) is 1. The van der Waals surface area contributed by atoms with Crippen molar-refractivity contribution in [2.75, 3.05) is 25.3 Å². The molecule has 3 heterocycles. The maximum Gasteiger partial charge on any atom is 0.277 e. The molecule has 2 amide bonds. The van der Waals surface area contributed by atoms with Gasteiger partial charge >= 0.3 is 0 Å². The van der Waals surface area contributed by atoms with Crippen LogP contribution in [-0.4, -0.2) is 53.0 Å². The number of methoxy groups -OCH3 is 1. The van der Waals surface area contributed by atoms with Crippen LogP contribution in [0, 0.1) is 6.92 Å². The molecule has 0 spiro atoms. The van der Waals surface area contributed by atoms with Gasteiger partial charge in [0.05, 0.1) is 30.9 Å². The number of fused-ring (bicyclic) bond motifs is 1. The van der Waals surface area contributed by atoms with E-state index < -0.39 is 0 Å². The first-order valence-corrected chi connectivity index (χ1v) is 12.0. The van der Waals surface area contributed by atoms with Crippen LogP contribution in [0.15, 0.2) is 63.6 Å². The van der Waals surface area contributed by atoms with Crippen molar-refractivity contribution in [3.05, 3.63) is 71.9 Å². The van der Waals surface area contributed by atoms with Crippen molar-refractivity contribution in [1.82, 2.24) is 15.2 Å². The van der Waals surface area contributed by atoms with E-state index in [2.05, 4.69) is 10.3 Å². The number of carbonyl (C=O) groups is 2. The fourth-order valence-corrected chi connectivity index (χ4v) is 5.22. The molecule has 1 atom stereocenters. The molecule has 0 radical (unpaired) electrons. The van der Waals surface area contributed by atoms with E-state index in [0.29, 0.717) is 41.0 Å². The molecule has 0 unspecified atom stereocenters. The van der Waals surface area contributed by atoms with Gasteiger partial charge in [-0.25, -0.2) is 4.98 Å². The second-order valence-corrected chi connectivity index (χ2v) is 8.92. The Morgan fingerprint density at radius 3 is 2.82 bits per heavy atom. The number of thioether (sulfide) groups is 1. The Morgan fingerprint density at radius 2 is 2.03 bits per heavy atom. The molecule has 2 aromatic carbocycles. The average molecular weight is 478 g/mol. The van der Waals surface area contributed by atoms with E-state index in [1.807, 2.05) is 30.3 Å². The number of amides is 2. The summed E-state index contributed by atoms with van der Waals surface area (Å²) in [7, 11) is 1.60. The Labute approximate surface area is 200 Å². The third-order valence-corrected chi connectivity index (χ3v) is 6.85. The molecule has 0 saturated carbocycles. The molecule has 1 saturated heterocycles. The van der Waals surface area contributed by atoms with Gasteiger partial charge in [0.25, 0.3) is 11.8 Å². The Morgan fingerprint density at radius 1 is 1.21 bits per heavy atom. The first-order valence-electron chi connectivity index (χ1n) is 10.8. The number of rotatable bonds is 6. The summed E-state index contributed by atoms with van der Waals surface area (Å²) in [5.74, 6) is 2.37. The number of nitrogens with zero attached hydrogens (tertiary/aromatic N) is 2. The second kappa shape index (κ2) is 9.26. The molecule has 1 aliphatic heterocycles. The molecule has 4 aromatic rings. The molecule has 5 rings (SSSR count). The first kappa shape index (κ1) is 22.1. The van der Waals surface area contributed by atoms with Crippen LogP contribution in [0.4, 0.5) is 0 Å². The van der Waals surface area contributed by atoms with Gasteiger partial charge in [0.2, 0.25) is 0 Å². The number of nitrogens with one attached hydrogen (secondary N) is 1. The summed E-state index contributed by atoms with van der Waals surface area (Å²) in [6, 6.07) is 14.3. The number of hydrogen-bond donors (Lipinski definition) is 1. The van der Waals surface area contributed by atoms with Crippen molar-refractivity contribution in [3.63, 3.8) is 0 Å². The van der Waals surface area contributed by atoms with Crippen molar-refractivity contribution in [3.8, 4) is 17.1 Å². The lowest BCUT2D eigenvalue weighted by Gasteiger charge is -2.23. The Kier molecular flexibility index (Phi) is 6.02. The molecule has 34 heavy (non-hydrogen) atoms. The smallest absolute Gasteiger partial charge is 0.277 e. The molecule has 1 N–H and O–H groups in total. The quantitative estimate of drug-likeness (QED) is 0.441. The largest absolute Gasteiger partial charge is 0.497 e. The summed E-state index contributed by atoms with van der Waals surface area (Å²) in [6.45, 7) is 2.05. The highest BCUT2D eigenvalue weighted by molar-refractivity contribution is 7.99. The predicted octanol–water partition coefficient (Wildman–Crippen LogP) is 4.35. The van der Waals surface area contributed by atoms with Gasteiger partial charge in [-0.2, -0.15) is 0 Å². The highest BCUT2D eigenvalue weighted by atomic mass is 32.2. The fraction of sp³-hybridized carbons (Fsp3) is 0.240. The van der Waals surface area contributed by atoms with E-state index >= 15 is 0 Å². The number of hydrogen-bond acceptors (Lipinski definition) is 7. The average Bonchev–Trinajstić information content (AvgIpc) is 3.61. The SMILES string of the molecule is COc1ccc(-c2oc(C)nc2C(=O)N2CSC[C@H]2CNC(=O)c2cccc3occc23)cc1. The normalized spacial score (nSPS) is 15.6. The zero-order valence-corrected chi connectivity index (χ0v) is 19.6. The van der Waals surface area contributed by atoms with Crippen LogP contribution in [0.2, 0.25) is 0 Å². The standard InChI is InChI=1S/C25H23N3O5S/c1-15-27-22(23(33-15)16-6-8-18(31-2)9-7-16)25(30)28-14-34-13-17(28)12-26-24(29)20-4-3-5-21-19(20)10-11-32-21/h3-11,17H,12-14H2,1-2H3,(H,26,29)/t17-/m1/s1. The highest BCUT2D eigenvalue weighted by Gasteiger charge is 2.34. The minimum absolute atomic E-state index is 0.161. The maximum atomic E-state index is 13.5. The molecular weight excluding hydrogens is 454 g/mol. The van der Waals surface area contributed by atoms with Crippen LogP contribution in [0.25, 0.3) is 22.3 Å². The number of oxazole rings is 1. The van der Waals surface area contributed by atoms with E-state index in [0.717, 1.165) is 16.7 Å². The molecule has 8 nitrogen and oxygen atoms in total. The molecule has 1 fully saturated rings. The lowest BCUT2D eigenvalue weighted by atomic mass is 10.1. The van der Waals surface area contributed by atoms with Crippen LogP contribution in [-0.2, 0) is 0 Å².